The number of rotatable bonds is 3. The van der Waals surface area contributed by atoms with E-state index in [4.69, 9.17) is 11.6 Å². The third-order valence-corrected chi connectivity index (χ3v) is 4.15. The number of halogens is 2. The molecule has 2 aromatic rings. The van der Waals surface area contributed by atoms with E-state index in [-0.39, 0.29) is 11.8 Å². The Labute approximate surface area is 117 Å². The average Bonchev–Trinajstić information content (AvgIpc) is 2.83. The molecule has 2 heterocycles. The van der Waals surface area contributed by atoms with Crippen molar-refractivity contribution in [2.24, 2.45) is 0 Å². The first-order valence-electron chi connectivity index (χ1n) is 5.03. The Balaban J connectivity index is 2.47. The minimum atomic E-state index is -0.0862. The Bertz CT molecular complexity index is 562. The number of carbonyl (C=O) groups is 1. The second kappa shape index (κ2) is 4.92. The highest BCUT2D eigenvalue weighted by atomic mass is 79.9. The number of nitrogens with zero attached hydrogens (tertiary/aromatic N) is 2. The van der Waals surface area contributed by atoms with Gasteiger partial charge in [-0.25, -0.2) is 0 Å². The molecule has 0 saturated heterocycles. The van der Waals surface area contributed by atoms with Gasteiger partial charge in [-0.15, -0.1) is 11.3 Å². The highest BCUT2D eigenvalue weighted by Crippen LogP contribution is 2.28. The molecular weight excluding hydrogens is 324 g/mol. The third kappa shape index (κ3) is 2.46. The lowest BCUT2D eigenvalue weighted by molar-refractivity contribution is 0.103. The summed E-state index contributed by atoms with van der Waals surface area (Å²) in [4.78, 5) is 13.0. The molecule has 0 radical (unpaired) electrons. The van der Waals surface area contributed by atoms with Gasteiger partial charge in [-0.2, -0.15) is 5.10 Å². The smallest absolute Gasteiger partial charge is 0.222 e. The first-order valence-corrected chi connectivity index (χ1v) is 7.02. The molecule has 2 rings (SSSR count). The fourth-order valence-electron chi connectivity index (χ4n) is 1.50. The maximum atomic E-state index is 12.3. The summed E-state index contributed by atoms with van der Waals surface area (Å²) < 4.78 is 2.57. The van der Waals surface area contributed by atoms with Gasteiger partial charge < -0.3 is 0 Å². The van der Waals surface area contributed by atoms with E-state index < -0.39 is 0 Å². The SMILES string of the molecule is CC(C)n1ncc(Cl)c1C(=O)c1ccc(Br)s1. The van der Waals surface area contributed by atoms with Crippen molar-refractivity contribution >= 4 is 44.7 Å². The lowest BCUT2D eigenvalue weighted by atomic mass is 10.2. The maximum absolute atomic E-state index is 12.3. The average molecular weight is 334 g/mol. The highest BCUT2D eigenvalue weighted by molar-refractivity contribution is 9.11. The quantitative estimate of drug-likeness (QED) is 0.790. The number of hydrogen-bond acceptors (Lipinski definition) is 3. The molecule has 0 aliphatic heterocycles. The first kappa shape index (κ1) is 12.8. The maximum Gasteiger partial charge on any atom is 0.222 e. The van der Waals surface area contributed by atoms with Crippen molar-refractivity contribution < 1.29 is 4.79 Å². The largest absolute Gasteiger partial charge is 0.286 e. The van der Waals surface area contributed by atoms with Crippen molar-refractivity contribution in [1.82, 2.24) is 9.78 Å². The molecule has 0 aliphatic rings. The summed E-state index contributed by atoms with van der Waals surface area (Å²) in [5.74, 6) is -0.0862. The summed E-state index contributed by atoms with van der Waals surface area (Å²) in [6, 6.07) is 3.73. The molecule has 90 valence electrons. The highest BCUT2D eigenvalue weighted by Gasteiger charge is 2.21. The van der Waals surface area contributed by atoms with Gasteiger partial charge in [-0.1, -0.05) is 11.6 Å². The van der Waals surface area contributed by atoms with Crippen molar-refractivity contribution in [3.8, 4) is 0 Å². The standard InChI is InChI=1S/C11H10BrClN2OS/c1-6(2)15-10(7(13)5-14-15)11(16)8-3-4-9(12)17-8/h3-6H,1-2H3. The van der Waals surface area contributed by atoms with E-state index in [2.05, 4.69) is 21.0 Å². The van der Waals surface area contributed by atoms with Crippen molar-refractivity contribution in [1.29, 1.82) is 0 Å². The molecule has 0 N–H and O–H groups in total. The second-order valence-electron chi connectivity index (χ2n) is 3.81. The zero-order chi connectivity index (χ0) is 12.6. The van der Waals surface area contributed by atoms with Crippen LogP contribution in [0.3, 0.4) is 0 Å². The summed E-state index contributed by atoms with van der Waals surface area (Å²) in [5.41, 5.74) is 0.455. The molecule has 0 bridgehead atoms. The molecule has 0 saturated carbocycles. The zero-order valence-electron chi connectivity index (χ0n) is 9.28. The van der Waals surface area contributed by atoms with Gasteiger partial charge in [0.25, 0.3) is 0 Å². The second-order valence-corrected chi connectivity index (χ2v) is 6.68. The number of thiophene rings is 1. The van der Waals surface area contributed by atoms with Gasteiger partial charge in [0.2, 0.25) is 5.78 Å². The van der Waals surface area contributed by atoms with Crippen molar-refractivity contribution in [3.05, 3.63) is 37.7 Å². The Kier molecular flexibility index (Phi) is 3.70. The Morgan fingerprint density at radius 1 is 1.53 bits per heavy atom. The number of hydrogen-bond donors (Lipinski definition) is 0. The van der Waals surface area contributed by atoms with Crippen LogP contribution in [0.1, 0.15) is 35.3 Å². The summed E-state index contributed by atoms with van der Waals surface area (Å²) in [6.45, 7) is 3.93. The van der Waals surface area contributed by atoms with Crippen LogP contribution in [0.5, 0.6) is 0 Å². The fourth-order valence-corrected chi connectivity index (χ4v) is 3.04. The summed E-state index contributed by atoms with van der Waals surface area (Å²) >= 11 is 10.8. The summed E-state index contributed by atoms with van der Waals surface area (Å²) in [5, 5.41) is 4.52. The lowest BCUT2D eigenvalue weighted by Crippen LogP contribution is -2.13. The topological polar surface area (TPSA) is 34.9 Å². The van der Waals surface area contributed by atoms with E-state index in [1.165, 1.54) is 17.5 Å². The third-order valence-electron chi connectivity index (χ3n) is 2.25. The van der Waals surface area contributed by atoms with Crippen LogP contribution < -0.4 is 0 Å². The molecule has 0 spiro atoms. The molecule has 6 heteroatoms. The van der Waals surface area contributed by atoms with E-state index in [1.54, 1.807) is 10.7 Å². The fraction of sp³-hybridized carbons (Fsp3) is 0.273. The molecule has 17 heavy (non-hydrogen) atoms. The van der Waals surface area contributed by atoms with Gasteiger partial charge in [-0.05, 0) is 41.9 Å². The molecule has 0 amide bonds. The zero-order valence-corrected chi connectivity index (χ0v) is 12.4. The molecule has 2 aromatic heterocycles. The van der Waals surface area contributed by atoms with Crippen LogP contribution in [0.25, 0.3) is 0 Å². The summed E-state index contributed by atoms with van der Waals surface area (Å²) in [7, 11) is 0. The van der Waals surface area contributed by atoms with Crippen LogP contribution in [0.4, 0.5) is 0 Å². The van der Waals surface area contributed by atoms with E-state index in [9.17, 15) is 4.79 Å². The van der Waals surface area contributed by atoms with E-state index in [1.807, 2.05) is 19.9 Å². The Hall–Kier alpha value is -0.650. The minimum Gasteiger partial charge on any atom is -0.286 e. The monoisotopic (exact) mass is 332 g/mol. The molecule has 0 aliphatic carbocycles. The van der Waals surface area contributed by atoms with Crippen molar-refractivity contribution in [2.45, 2.75) is 19.9 Å². The van der Waals surface area contributed by atoms with E-state index in [0.29, 0.717) is 15.6 Å². The Morgan fingerprint density at radius 3 is 2.76 bits per heavy atom. The van der Waals surface area contributed by atoms with E-state index >= 15 is 0 Å². The predicted octanol–water partition coefficient (Wildman–Crippen LogP) is 4.17. The van der Waals surface area contributed by atoms with Gasteiger partial charge in [0.15, 0.2) is 0 Å². The predicted molar refractivity (Wildman–Crippen MR) is 73.1 cm³/mol. The normalized spacial score (nSPS) is 11.1. The van der Waals surface area contributed by atoms with Gasteiger partial charge in [0.05, 0.1) is 19.9 Å². The first-order chi connectivity index (χ1) is 8.00. The van der Waals surface area contributed by atoms with Gasteiger partial charge in [0, 0.05) is 6.04 Å². The lowest BCUT2D eigenvalue weighted by Gasteiger charge is -2.09. The molecule has 0 atom stereocenters. The van der Waals surface area contributed by atoms with Gasteiger partial charge in [0.1, 0.15) is 5.69 Å². The molecule has 0 fully saturated rings. The van der Waals surface area contributed by atoms with E-state index in [0.717, 1.165) is 3.79 Å². The molecule has 3 nitrogen and oxygen atoms in total. The van der Waals surface area contributed by atoms with Crippen LogP contribution >= 0.6 is 38.9 Å². The van der Waals surface area contributed by atoms with Gasteiger partial charge in [-0.3, -0.25) is 9.48 Å². The number of ketones is 1. The molecule has 0 aromatic carbocycles. The van der Waals surface area contributed by atoms with Crippen LogP contribution in [0.2, 0.25) is 5.02 Å². The summed E-state index contributed by atoms with van der Waals surface area (Å²) in [6.07, 6.45) is 1.51. The molecule has 0 unspecified atom stereocenters. The van der Waals surface area contributed by atoms with Crippen LogP contribution in [0, 0.1) is 0 Å². The van der Waals surface area contributed by atoms with Crippen LogP contribution in [-0.4, -0.2) is 15.6 Å². The van der Waals surface area contributed by atoms with Crippen LogP contribution in [0.15, 0.2) is 22.1 Å². The number of aromatic nitrogens is 2. The van der Waals surface area contributed by atoms with Gasteiger partial charge >= 0.3 is 0 Å². The van der Waals surface area contributed by atoms with Crippen molar-refractivity contribution in [3.63, 3.8) is 0 Å². The minimum absolute atomic E-state index is 0.0862. The van der Waals surface area contributed by atoms with Crippen molar-refractivity contribution in [2.75, 3.05) is 0 Å². The Morgan fingerprint density at radius 2 is 2.24 bits per heavy atom. The number of carbonyl (C=O) groups excluding carboxylic acids is 1. The molecular formula is C11H10BrClN2OS. The van der Waals surface area contributed by atoms with Crippen LogP contribution in [-0.2, 0) is 0 Å².